The van der Waals surface area contributed by atoms with Crippen molar-refractivity contribution in [3.63, 3.8) is 0 Å². The van der Waals surface area contributed by atoms with Gasteiger partial charge in [-0.25, -0.2) is 9.36 Å². The van der Waals surface area contributed by atoms with Gasteiger partial charge in [0, 0.05) is 18.8 Å². The summed E-state index contributed by atoms with van der Waals surface area (Å²) in [5.74, 6) is -0.119. The van der Waals surface area contributed by atoms with E-state index in [4.69, 9.17) is 5.26 Å². The van der Waals surface area contributed by atoms with E-state index in [9.17, 15) is 14.4 Å². The van der Waals surface area contributed by atoms with Crippen molar-refractivity contribution in [1.82, 2.24) is 14.5 Å². The SMILES string of the molecule is CC(C)CNC(=O)Cn1c(=O)c(C#N)c2n(c1=O)CCC2. The molecule has 0 saturated heterocycles. The summed E-state index contributed by atoms with van der Waals surface area (Å²) in [6.07, 6.45) is 1.28. The van der Waals surface area contributed by atoms with Gasteiger partial charge in [0.05, 0.1) is 0 Å². The van der Waals surface area contributed by atoms with Gasteiger partial charge in [0.15, 0.2) is 0 Å². The standard InChI is InChI=1S/C14H18N4O3/c1-9(2)7-16-12(19)8-18-13(20)10(6-15)11-4-3-5-17(11)14(18)21/h9H,3-5,7-8H2,1-2H3,(H,16,19). The molecule has 0 unspecified atom stereocenters. The minimum atomic E-state index is -0.671. The van der Waals surface area contributed by atoms with E-state index in [1.54, 1.807) is 0 Å². The number of carbonyl (C=O) groups excluding carboxylic acids is 1. The van der Waals surface area contributed by atoms with Crippen LogP contribution in [0.4, 0.5) is 0 Å². The maximum Gasteiger partial charge on any atom is 0.331 e. The topological polar surface area (TPSA) is 96.9 Å². The average molecular weight is 290 g/mol. The predicted molar refractivity (Wildman–Crippen MR) is 75.8 cm³/mol. The molecule has 0 aromatic carbocycles. The van der Waals surface area contributed by atoms with Gasteiger partial charge < -0.3 is 5.32 Å². The van der Waals surface area contributed by atoms with Crippen molar-refractivity contribution >= 4 is 5.91 Å². The van der Waals surface area contributed by atoms with Crippen LogP contribution in [0.5, 0.6) is 0 Å². The van der Waals surface area contributed by atoms with Crippen LogP contribution >= 0.6 is 0 Å². The summed E-state index contributed by atoms with van der Waals surface area (Å²) in [5, 5.41) is 11.8. The first-order chi connectivity index (χ1) is 9.95. The van der Waals surface area contributed by atoms with Crippen LogP contribution in [-0.2, 0) is 24.3 Å². The lowest BCUT2D eigenvalue weighted by atomic mass is 10.2. The minimum absolute atomic E-state index is 0.0243. The number of hydrogen-bond donors (Lipinski definition) is 1. The predicted octanol–water partition coefficient (Wildman–Crippen LogP) is -0.400. The molecule has 1 aliphatic rings. The number of nitriles is 1. The van der Waals surface area contributed by atoms with Crippen molar-refractivity contribution < 1.29 is 4.79 Å². The van der Waals surface area contributed by atoms with E-state index in [2.05, 4.69) is 5.32 Å². The molecule has 2 rings (SSSR count). The number of aromatic nitrogens is 2. The van der Waals surface area contributed by atoms with Crippen LogP contribution in [-0.4, -0.2) is 21.6 Å². The van der Waals surface area contributed by atoms with Crippen molar-refractivity contribution in [2.24, 2.45) is 5.92 Å². The molecule has 0 fully saturated rings. The molecule has 1 N–H and O–H groups in total. The zero-order valence-corrected chi connectivity index (χ0v) is 12.2. The lowest BCUT2D eigenvalue weighted by Crippen LogP contribution is -2.45. The third-order valence-corrected chi connectivity index (χ3v) is 3.45. The van der Waals surface area contributed by atoms with E-state index >= 15 is 0 Å². The summed E-state index contributed by atoms with van der Waals surface area (Å²) in [7, 11) is 0. The second-order valence-electron chi connectivity index (χ2n) is 5.56. The number of fused-ring (bicyclic) bond motifs is 1. The van der Waals surface area contributed by atoms with Crippen molar-refractivity contribution in [2.45, 2.75) is 39.8 Å². The lowest BCUT2D eigenvalue weighted by molar-refractivity contribution is -0.121. The monoisotopic (exact) mass is 290 g/mol. The molecule has 21 heavy (non-hydrogen) atoms. The van der Waals surface area contributed by atoms with E-state index < -0.39 is 17.2 Å². The highest BCUT2D eigenvalue weighted by atomic mass is 16.2. The van der Waals surface area contributed by atoms with Crippen LogP contribution in [0.2, 0.25) is 0 Å². The first kappa shape index (κ1) is 15.0. The number of hydrogen-bond acceptors (Lipinski definition) is 4. The maximum atomic E-state index is 12.3. The van der Waals surface area contributed by atoms with Gasteiger partial charge in [0.2, 0.25) is 5.91 Å². The van der Waals surface area contributed by atoms with Crippen molar-refractivity contribution in [3.8, 4) is 6.07 Å². The summed E-state index contributed by atoms with van der Waals surface area (Å²) in [5.41, 5.74) is -0.711. The molecule has 7 nitrogen and oxygen atoms in total. The summed E-state index contributed by atoms with van der Waals surface area (Å²) >= 11 is 0. The van der Waals surface area contributed by atoms with E-state index in [-0.39, 0.29) is 18.0 Å². The molecule has 1 aromatic heterocycles. The van der Waals surface area contributed by atoms with E-state index in [1.807, 2.05) is 19.9 Å². The van der Waals surface area contributed by atoms with Gasteiger partial charge in [-0.05, 0) is 18.8 Å². The molecule has 7 heteroatoms. The molecule has 0 saturated carbocycles. The molecule has 0 spiro atoms. The molecular weight excluding hydrogens is 272 g/mol. The Bertz CT molecular complexity index is 721. The van der Waals surface area contributed by atoms with Crippen molar-refractivity contribution in [2.75, 3.05) is 6.54 Å². The highest BCUT2D eigenvalue weighted by Gasteiger charge is 2.23. The Morgan fingerprint density at radius 3 is 2.76 bits per heavy atom. The quantitative estimate of drug-likeness (QED) is 0.816. The fourth-order valence-electron chi connectivity index (χ4n) is 2.41. The van der Waals surface area contributed by atoms with Crippen LogP contribution in [0.15, 0.2) is 9.59 Å². The lowest BCUT2D eigenvalue weighted by Gasteiger charge is -2.11. The third kappa shape index (κ3) is 2.89. The molecular formula is C14H18N4O3. The number of amides is 1. The molecule has 1 aliphatic heterocycles. The normalized spacial score (nSPS) is 13.0. The smallest absolute Gasteiger partial charge is 0.331 e. The molecule has 0 bridgehead atoms. The summed E-state index contributed by atoms with van der Waals surface area (Å²) in [6, 6.07) is 1.86. The van der Waals surface area contributed by atoms with Gasteiger partial charge in [0.25, 0.3) is 5.56 Å². The van der Waals surface area contributed by atoms with E-state index in [0.29, 0.717) is 25.2 Å². The summed E-state index contributed by atoms with van der Waals surface area (Å²) in [6.45, 7) is 4.51. The molecule has 1 aromatic rings. The Balaban J connectivity index is 2.37. The first-order valence-electron chi connectivity index (χ1n) is 6.99. The van der Waals surface area contributed by atoms with Crippen LogP contribution < -0.4 is 16.6 Å². The zero-order valence-electron chi connectivity index (χ0n) is 12.2. The molecule has 0 aliphatic carbocycles. The van der Waals surface area contributed by atoms with Gasteiger partial charge in [-0.3, -0.25) is 14.2 Å². The number of nitrogens with one attached hydrogen (secondary N) is 1. The highest BCUT2D eigenvalue weighted by Crippen LogP contribution is 2.12. The van der Waals surface area contributed by atoms with Crippen molar-refractivity contribution in [3.05, 3.63) is 32.1 Å². The van der Waals surface area contributed by atoms with Crippen LogP contribution in [0.3, 0.4) is 0 Å². The first-order valence-corrected chi connectivity index (χ1v) is 6.99. The van der Waals surface area contributed by atoms with Gasteiger partial charge in [-0.15, -0.1) is 0 Å². The molecule has 0 atom stereocenters. The van der Waals surface area contributed by atoms with Crippen LogP contribution in [0.1, 0.15) is 31.5 Å². The number of nitrogens with zero attached hydrogens (tertiary/aromatic N) is 3. The van der Waals surface area contributed by atoms with Crippen LogP contribution in [0.25, 0.3) is 0 Å². The third-order valence-electron chi connectivity index (χ3n) is 3.45. The Morgan fingerprint density at radius 2 is 2.14 bits per heavy atom. The van der Waals surface area contributed by atoms with E-state index in [0.717, 1.165) is 11.0 Å². The van der Waals surface area contributed by atoms with Crippen molar-refractivity contribution in [1.29, 1.82) is 5.26 Å². The fraction of sp³-hybridized carbons (Fsp3) is 0.571. The molecule has 1 amide bonds. The molecule has 0 radical (unpaired) electrons. The molecule has 112 valence electrons. The fourth-order valence-corrected chi connectivity index (χ4v) is 2.41. The largest absolute Gasteiger partial charge is 0.354 e. The van der Waals surface area contributed by atoms with Gasteiger partial charge in [-0.1, -0.05) is 13.8 Å². The molecule has 2 heterocycles. The highest BCUT2D eigenvalue weighted by molar-refractivity contribution is 5.75. The van der Waals surface area contributed by atoms with Gasteiger partial charge >= 0.3 is 5.69 Å². The van der Waals surface area contributed by atoms with Gasteiger partial charge in [0.1, 0.15) is 18.2 Å². The number of rotatable bonds is 4. The summed E-state index contributed by atoms with van der Waals surface area (Å²) in [4.78, 5) is 36.3. The van der Waals surface area contributed by atoms with E-state index in [1.165, 1.54) is 4.57 Å². The Morgan fingerprint density at radius 1 is 1.43 bits per heavy atom. The second kappa shape index (κ2) is 5.95. The summed E-state index contributed by atoms with van der Waals surface area (Å²) < 4.78 is 2.28. The second-order valence-corrected chi connectivity index (χ2v) is 5.56. The average Bonchev–Trinajstić information content (AvgIpc) is 2.91. The Hall–Kier alpha value is -2.36. The zero-order chi connectivity index (χ0) is 15.6. The Kier molecular flexibility index (Phi) is 4.26. The minimum Gasteiger partial charge on any atom is -0.354 e. The maximum absolute atomic E-state index is 12.3. The van der Waals surface area contributed by atoms with Gasteiger partial charge in [-0.2, -0.15) is 5.26 Å². The number of carbonyl (C=O) groups is 1. The Labute approximate surface area is 121 Å². The van der Waals surface area contributed by atoms with Crippen LogP contribution in [0, 0.1) is 17.2 Å².